The van der Waals surface area contributed by atoms with E-state index in [1.807, 2.05) is 25.1 Å². The van der Waals surface area contributed by atoms with E-state index in [2.05, 4.69) is 49.7 Å². The second-order valence-corrected chi connectivity index (χ2v) is 13.3. The minimum absolute atomic E-state index is 0.0129. The minimum atomic E-state index is -0.686. The van der Waals surface area contributed by atoms with Crippen molar-refractivity contribution in [3.8, 4) is 17.6 Å². The fourth-order valence-corrected chi connectivity index (χ4v) is 4.36. The molecule has 3 N–H and O–H groups in total. The summed E-state index contributed by atoms with van der Waals surface area (Å²) >= 11 is 0. The molecule has 0 radical (unpaired) electrons. The van der Waals surface area contributed by atoms with Crippen molar-refractivity contribution < 1.29 is 28.7 Å². The van der Waals surface area contributed by atoms with Crippen molar-refractivity contribution in [2.75, 3.05) is 25.5 Å². The normalized spacial score (nSPS) is 17.3. The van der Waals surface area contributed by atoms with Gasteiger partial charge in [0.25, 0.3) is 5.91 Å². The van der Waals surface area contributed by atoms with E-state index in [1.165, 1.54) is 4.90 Å². The lowest BCUT2D eigenvalue weighted by atomic mass is 10.0. The van der Waals surface area contributed by atoms with Gasteiger partial charge in [-0.3, -0.25) is 19.2 Å². The number of ether oxygens (including phenoxy) is 2. The van der Waals surface area contributed by atoms with Crippen LogP contribution in [0.4, 0.5) is 5.69 Å². The predicted octanol–water partition coefficient (Wildman–Crippen LogP) is 5.32. The van der Waals surface area contributed by atoms with E-state index in [0.29, 0.717) is 41.2 Å². The highest BCUT2D eigenvalue weighted by atomic mass is 16.5. The summed E-state index contributed by atoms with van der Waals surface area (Å²) in [4.78, 5) is 49.2. The highest BCUT2D eigenvalue weighted by Crippen LogP contribution is 2.34. The Balaban J connectivity index is 0.000000755. The first-order valence-corrected chi connectivity index (χ1v) is 16.2. The average Bonchev–Trinajstić information content (AvgIpc) is 3.73. The van der Waals surface area contributed by atoms with E-state index in [1.54, 1.807) is 44.3 Å². The lowest BCUT2D eigenvalue weighted by Gasteiger charge is -2.22. The molecule has 0 aromatic heterocycles. The van der Waals surface area contributed by atoms with E-state index >= 15 is 0 Å². The summed E-state index contributed by atoms with van der Waals surface area (Å²) in [6.07, 6.45) is 3.98. The number of likely N-dealkylation sites (tertiary alicyclic amines) is 1. The van der Waals surface area contributed by atoms with Gasteiger partial charge in [-0.1, -0.05) is 52.8 Å². The van der Waals surface area contributed by atoms with Crippen LogP contribution >= 0.6 is 0 Å². The van der Waals surface area contributed by atoms with E-state index < -0.39 is 18.0 Å². The maximum Gasteiger partial charge on any atom is 0.251 e. The molecular weight excluding hydrogens is 598 g/mol. The molecule has 1 saturated carbocycles. The summed E-state index contributed by atoms with van der Waals surface area (Å²) in [5.74, 6) is -0.149. The molecule has 0 spiro atoms. The van der Waals surface area contributed by atoms with Gasteiger partial charge in [0, 0.05) is 37.3 Å². The lowest BCUT2D eigenvalue weighted by Crippen LogP contribution is -2.41. The van der Waals surface area contributed by atoms with Crippen LogP contribution in [0.1, 0.15) is 84.0 Å². The first-order chi connectivity index (χ1) is 22.3. The maximum absolute atomic E-state index is 13.1. The van der Waals surface area contributed by atoms with Gasteiger partial charge < -0.3 is 30.3 Å². The van der Waals surface area contributed by atoms with Crippen molar-refractivity contribution in [1.29, 1.82) is 5.26 Å². The molecule has 2 fully saturated rings. The Kier molecular flexibility index (Phi) is 15.7. The first kappa shape index (κ1) is 38.6. The van der Waals surface area contributed by atoms with Crippen LogP contribution in [-0.2, 0) is 14.4 Å². The van der Waals surface area contributed by atoms with E-state index in [9.17, 15) is 19.6 Å². The zero-order valence-electron chi connectivity index (χ0n) is 28.8. The number of nitrogens with zero attached hydrogens (tertiary/aromatic N) is 2. The predicted molar refractivity (Wildman–Crippen MR) is 182 cm³/mol. The molecule has 3 unspecified atom stereocenters. The van der Waals surface area contributed by atoms with Crippen molar-refractivity contribution in [3.05, 3.63) is 54.1 Å². The standard InChI is InChI=1S/C29H34N4O5.C5H12.C2H5NO/c1-3-13-37-26-16-20(9-12-25(26)38-24-10-11-24)28(35)31-19(2)14-27(34)33-18-21(15-23(33)17-30)29(36)32-22-7-5-4-6-8-22;1-5(2,3)4;1-3-2-4/h4-9,12,16,19,21,23-24H,3,10-11,13-15,18H2,1-2H3,(H,31,35)(H,32,36);1-4H3;2H,1H3,(H,3,4). The molecule has 2 aromatic rings. The fourth-order valence-electron chi connectivity index (χ4n) is 4.36. The number of carbonyl (C=O) groups excluding carboxylic acids is 4. The number of para-hydroxylation sites is 1. The lowest BCUT2D eigenvalue weighted by molar-refractivity contribution is -0.131. The Bertz CT molecular complexity index is 1340. The number of nitriles is 1. The molecule has 4 amide bonds. The van der Waals surface area contributed by atoms with Crippen molar-refractivity contribution >= 4 is 29.8 Å². The Morgan fingerprint density at radius 1 is 1.09 bits per heavy atom. The Hall–Kier alpha value is -4.59. The van der Waals surface area contributed by atoms with Crippen molar-refractivity contribution in [2.24, 2.45) is 11.3 Å². The van der Waals surface area contributed by atoms with Crippen LogP contribution in [0.25, 0.3) is 0 Å². The largest absolute Gasteiger partial charge is 0.490 e. The number of hydrogen-bond donors (Lipinski definition) is 3. The Labute approximate surface area is 279 Å². The van der Waals surface area contributed by atoms with Gasteiger partial charge >= 0.3 is 0 Å². The third kappa shape index (κ3) is 14.6. The van der Waals surface area contributed by atoms with Crippen molar-refractivity contribution in [2.45, 2.75) is 91.8 Å². The van der Waals surface area contributed by atoms with Crippen LogP contribution < -0.4 is 25.4 Å². The third-order valence-corrected chi connectivity index (χ3v) is 6.64. The van der Waals surface area contributed by atoms with Crippen LogP contribution in [0.15, 0.2) is 48.5 Å². The van der Waals surface area contributed by atoms with Crippen LogP contribution in [0.5, 0.6) is 11.5 Å². The summed E-state index contributed by atoms with van der Waals surface area (Å²) < 4.78 is 11.7. The monoisotopic (exact) mass is 649 g/mol. The molecule has 1 heterocycles. The Morgan fingerprint density at radius 2 is 1.72 bits per heavy atom. The summed E-state index contributed by atoms with van der Waals surface area (Å²) in [7, 11) is 1.56. The fraction of sp³-hybridized carbons (Fsp3) is 0.528. The van der Waals surface area contributed by atoms with Gasteiger partial charge in [-0.2, -0.15) is 5.26 Å². The summed E-state index contributed by atoms with van der Waals surface area (Å²) in [5.41, 5.74) is 1.58. The summed E-state index contributed by atoms with van der Waals surface area (Å²) in [6, 6.07) is 15.1. The molecule has 11 heteroatoms. The van der Waals surface area contributed by atoms with Gasteiger partial charge in [0.05, 0.1) is 24.7 Å². The quantitative estimate of drug-likeness (QED) is 0.264. The number of anilines is 1. The van der Waals surface area contributed by atoms with Gasteiger partial charge in [0.1, 0.15) is 6.04 Å². The molecule has 3 atom stereocenters. The zero-order valence-corrected chi connectivity index (χ0v) is 28.8. The highest BCUT2D eigenvalue weighted by Gasteiger charge is 2.39. The molecule has 256 valence electrons. The highest BCUT2D eigenvalue weighted by molar-refractivity contribution is 5.96. The number of benzene rings is 2. The molecule has 2 aromatic carbocycles. The summed E-state index contributed by atoms with van der Waals surface area (Å²) in [5, 5.41) is 17.6. The van der Waals surface area contributed by atoms with Gasteiger partial charge in [-0.05, 0) is 68.4 Å². The second kappa shape index (κ2) is 19.2. The number of nitrogens with one attached hydrogen (secondary N) is 3. The molecule has 4 rings (SSSR count). The zero-order chi connectivity index (χ0) is 35.0. The SMILES string of the molecule is CC(C)(C)C.CCCOc1cc(C(=O)NC(C)CC(=O)N2CC(C(=O)Nc3ccccc3)CC2C#N)ccc1OC1CC1.CNC=O. The van der Waals surface area contributed by atoms with Gasteiger partial charge in [0.15, 0.2) is 11.5 Å². The molecule has 1 saturated heterocycles. The number of rotatable bonds is 12. The molecule has 11 nitrogen and oxygen atoms in total. The van der Waals surface area contributed by atoms with E-state index in [0.717, 1.165) is 19.3 Å². The topological polar surface area (TPSA) is 150 Å². The molecule has 0 bridgehead atoms. The average molecular weight is 650 g/mol. The molecule has 2 aliphatic rings. The van der Waals surface area contributed by atoms with Crippen LogP contribution in [0.3, 0.4) is 0 Å². The van der Waals surface area contributed by atoms with Crippen LogP contribution in [0.2, 0.25) is 0 Å². The van der Waals surface area contributed by atoms with Crippen molar-refractivity contribution in [1.82, 2.24) is 15.5 Å². The third-order valence-electron chi connectivity index (χ3n) is 6.64. The van der Waals surface area contributed by atoms with Crippen LogP contribution in [-0.4, -0.2) is 67.4 Å². The summed E-state index contributed by atoms with van der Waals surface area (Å²) in [6.45, 7) is 13.2. The number of amides is 4. The maximum atomic E-state index is 13.1. The minimum Gasteiger partial charge on any atom is -0.490 e. The first-order valence-electron chi connectivity index (χ1n) is 16.2. The number of hydrogen-bond acceptors (Lipinski definition) is 7. The van der Waals surface area contributed by atoms with E-state index in [-0.39, 0.29) is 43.2 Å². The number of carbonyl (C=O) groups is 4. The van der Waals surface area contributed by atoms with Crippen LogP contribution in [0, 0.1) is 22.7 Å². The van der Waals surface area contributed by atoms with Crippen molar-refractivity contribution in [3.63, 3.8) is 0 Å². The molecule has 1 aliphatic carbocycles. The smallest absolute Gasteiger partial charge is 0.251 e. The van der Waals surface area contributed by atoms with Gasteiger partial charge in [-0.25, -0.2) is 0 Å². The van der Waals surface area contributed by atoms with E-state index in [4.69, 9.17) is 14.3 Å². The molecular formula is C36H51N5O6. The Morgan fingerprint density at radius 3 is 2.28 bits per heavy atom. The molecule has 47 heavy (non-hydrogen) atoms. The molecule has 1 aliphatic heterocycles. The second-order valence-electron chi connectivity index (χ2n) is 13.3. The van der Waals surface area contributed by atoms with Gasteiger partial charge in [0.2, 0.25) is 18.2 Å². The van der Waals surface area contributed by atoms with Gasteiger partial charge in [-0.15, -0.1) is 0 Å².